The van der Waals surface area contributed by atoms with Gasteiger partial charge in [-0.2, -0.15) is 18.4 Å². The van der Waals surface area contributed by atoms with Crippen molar-refractivity contribution < 1.29 is 27.8 Å². The minimum atomic E-state index is -4.91. The molecule has 44 heavy (non-hydrogen) atoms. The number of rotatable bonds is 8. The number of aliphatic hydroxyl groups is 1. The van der Waals surface area contributed by atoms with Gasteiger partial charge in [-0.3, -0.25) is 9.59 Å². The zero-order valence-corrected chi connectivity index (χ0v) is 23.7. The number of benzene rings is 3. The highest BCUT2D eigenvalue weighted by atomic mass is 19.4. The Morgan fingerprint density at radius 2 is 1.75 bits per heavy atom. The lowest BCUT2D eigenvalue weighted by Gasteiger charge is -2.19. The molecule has 0 saturated carbocycles. The van der Waals surface area contributed by atoms with Crippen LogP contribution < -0.4 is 15.6 Å². The van der Waals surface area contributed by atoms with Crippen LogP contribution in [0, 0.1) is 25.2 Å². The lowest BCUT2D eigenvalue weighted by molar-refractivity contribution is -0.137. The fourth-order valence-corrected chi connectivity index (χ4v) is 4.96. The van der Waals surface area contributed by atoms with Crippen LogP contribution in [0.1, 0.15) is 38.3 Å². The average Bonchev–Trinajstić information content (AvgIpc) is 3.41. The van der Waals surface area contributed by atoms with Crippen LogP contribution in [-0.4, -0.2) is 33.7 Å². The topological polar surface area (TPSA) is 120 Å². The van der Waals surface area contributed by atoms with Gasteiger partial charge in [0.05, 0.1) is 24.4 Å². The zero-order valence-electron chi connectivity index (χ0n) is 23.7. The van der Waals surface area contributed by atoms with Crippen molar-refractivity contribution in [3.05, 3.63) is 117 Å². The highest BCUT2D eigenvalue weighted by Gasteiger charge is 2.36. The minimum absolute atomic E-state index is 0.00796. The van der Waals surface area contributed by atoms with E-state index >= 15 is 0 Å². The van der Waals surface area contributed by atoms with Crippen LogP contribution in [0.3, 0.4) is 0 Å². The smallest absolute Gasteiger partial charge is 0.417 e. The van der Waals surface area contributed by atoms with E-state index in [1.165, 1.54) is 10.6 Å². The van der Waals surface area contributed by atoms with Crippen LogP contribution in [0.25, 0.3) is 22.2 Å². The maximum Gasteiger partial charge on any atom is 0.417 e. The summed E-state index contributed by atoms with van der Waals surface area (Å²) >= 11 is 0. The number of carbonyl (C=O) groups excluding carboxylic acids is 1. The monoisotopic (exact) mass is 600 g/mol. The van der Waals surface area contributed by atoms with Crippen LogP contribution in [-0.2, 0) is 12.7 Å². The predicted octanol–water partition coefficient (Wildman–Crippen LogP) is 6.07. The molecule has 5 aromatic rings. The average molecular weight is 601 g/mol. The molecule has 0 bridgehead atoms. The molecular formula is C33H27F3N4O4. The first kappa shape index (κ1) is 30.1. The summed E-state index contributed by atoms with van der Waals surface area (Å²) in [6.45, 7) is 3.69. The van der Waals surface area contributed by atoms with Gasteiger partial charge in [-0.05, 0) is 85.1 Å². The van der Waals surface area contributed by atoms with Crippen molar-refractivity contribution in [1.82, 2.24) is 14.9 Å². The van der Waals surface area contributed by atoms with Gasteiger partial charge < -0.3 is 24.7 Å². The van der Waals surface area contributed by atoms with Crippen molar-refractivity contribution in [1.29, 1.82) is 5.26 Å². The Hall–Kier alpha value is -5.34. The van der Waals surface area contributed by atoms with Gasteiger partial charge in [0.2, 0.25) is 0 Å². The first-order valence-corrected chi connectivity index (χ1v) is 13.6. The van der Waals surface area contributed by atoms with E-state index < -0.39 is 22.9 Å². The van der Waals surface area contributed by atoms with E-state index in [2.05, 4.69) is 10.3 Å². The van der Waals surface area contributed by atoms with Crippen LogP contribution in [0.5, 0.6) is 11.5 Å². The fraction of sp³-hybridized carbons (Fsp3) is 0.182. The molecule has 2 heterocycles. The molecule has 0 aliphatic heterocycles. The second-order valence-corrected chi connectivity index (χ2v) is 10.3. The third kappa shape index (κ3) is 6.21. The molecule has 0 atom stereocenters. The molecule has 11 heteroatoms. The van der Waals surface area contributed by atoms with E-state index in [-0.39, 0.29) is 31.3 Å². The number of pyridine rings is 1. The largest absolute Gasteiger partial charge is 0.457 e. The first-order valence-electron chi connectivity index (χ1n) is 13.6. The van der Waals surface area contributed by atoms with Crippen molar-refractivity contribution in [2.24, 2.45) is 0 Å². The number of aromatic amines is 1. The molecule has 0 radical (unpaired) electrons. The number of nitriles is 1. The summed E-state index contributed by atoms with van der Waals surface area (Å²) in [5, 5.41) is 21.7. The number of halogens is 3. The second-order valence-electron chi connectivity index (χ2n) is 10.3. The molecule has 0 aliphatic carbocycles. The van der Waals surface area contributed by atoms with Gasteiger partial charge in [-0.1, -0.05) is 23.8 Å². The summed E-state index contributed by atoms with van der Waals surface area (Å²) in [6.07, 6.45) is -4.91. The molecule has 2 aromatic heterocycles. The van der Waals surface area contributed by atoms with Gasteiger partial charge in [0.25, 0.3) is 11.5 Å². The Kier molecular flexibility index (Phi) is 8.29. The van der Waals surface area contributed by atoms with E-state index in [9.17, 15) is 28.0 Å². The number of aliphatic hydroxyl groups excluding tert-OH is 1. The summed E-state index contributed by atoms with van der Waals surface area (Å²) in [7, 11) is 0. The van der Waals surface area contributed by atoms with Gasteiger partial charge in [0, 0.05) is 17.4 Å². The van der Waals surface area contributed by atoms with Gasteiger partial charge in [0.15, 0.2) is 0 Å². The highest BCUT2D eigenvalue weighted by Crippen LogP contribution is 2.35. The zero-order chi connectivity index (χ0) is 31.6. The number of amides is 1. The van der Waals surface area contributed by atoms with Crippen LogP contribution >= 0.6 is 0 Å². The van der Waals surface area contributed by atoms with Gasteiger partial charge >= 0.3 is 6.18 Å². The minimum Gasteiger partial charge on any atom is -0.457 e. The molecule has 3 aromatic carbocycles. The van der Waals surface area contributed by atoms with E-state index in [1.807, 2.05) is 32.0 Å². The van der Waals surface area contributed by atoms with Crippen molar-refractivity contribution in [2.45, 2.75) is 26.6 Å². The summed E-state index contributed by atoms with van der Waals surface area (Å²) in [6, 6.07) is 20.9. The molecule has 0 spiro atoms. The molecule has 3 N–H and O–H groups in total. The Morgan fingerprint density at radius 1 is 1.02 bits per heavy atom. The van der Waals surface area contributed by atoms with E-state index in [0.717, 1.165) is 22.8 Å². The molecule has 0 saturated heterocycles. The molecule has 8 nitrogen and oxygen atoms in total. The number of nitrogens with zero attached hydrogens (tertiary/aromatic N) is 2. The molecule has 1 amide bonds. The van der Waals surface area contributed by atoms with E-state index in [1.54, 1.807) is 48.5 Å². The normalized spacial score (nSPS) is 11.4. The van der Waals surface area contributed by atoms with Gasteiger partial charge in [0.1, 0.15) is 28.8 Å². The van der Waals surface area contributed by atoms with Crippen molar-refractivity contribution in [3.63, 3.8) is 0 Å². The second kappa shape index (κ2) is 12.1. The summed E-state index contributed by atoms with van der Waals surface area (Å²) < 4.78 is 49.0. The number of carbonyl (C=O) groups is 1. The lowest BCUT2D eigenvalue weighted by atomic mass is 10.0. The molecule has 0 fully saturated rings. The predicted molar refractivity (Wildman–Crippen MR) is 159 cm³/mol. The van der Waals surface area contributed by atoms with Crippen molar-refractivity contribution in [2.75, 3.05) is 13.2 Å². The molecular weight excluding hydrogens is 573 g/mol. The Labute approximate surface area is 250 Å². The Morgan fingerprint density at radius 3 is 2.41 bits per heavy atom. The van der Waals surface area contributed by atoms with Crippen LogP contribution in [0.4, 0.5) is 13.2 Å². The van der Waals surface area contributed by atoms with Crippen molar-refractivity contribution >= 4 is 16.8 Å². The molecule has 5 rings (SSSR count). The quantitative estimate of drug-likeness (QED) is 0.200. The maximum absolute atomic E-state index is 13.9. The van der Waals surface area contributed by atoms with E-state index in [0.29, 0.717) is 33.7 Å². The number of alkyl halides is 3. The molecule has 224 valence electrons. The summed E-state index contributed by atoms with van der Waals surface area (Å²) in [4.78, 5) is 28.5. The number of aromatic nitrogens is 2. The summed E-state index contributed by atoms with van der Waals surface area (Å²) in [5.74, 6) is 0.481. The fourth-order valence-electron chi connectivity index (χ4n) is 4.96. The number of hydrogen-bond donors (Lipinski definition) is 3. The number of hydrogen-bond acceptors (Lipinski definition) is 5. The van der Waals surface area contributed by atoms with Crippen LogP contribution in [0.2, 0.25) is 0 Å². The number of aryl methyl sites for hydroxylation is 2. The number of ether oxygens (including phenoxy) is 1. The number of nitrogens with one attached hydrogen (secondary N) is 2. The number of H-pyrrole nitrogens is 1. The third-order valence-electron chi connectivity index (χ3n) is 7.16. The lowest BCUT2D eigenvalue weighted by Crippen LogP contribution is -2.29. The van der Waals surface area contributed by atoms with Crippen LogP contribution in [0.15, 0.2) is 77.6 Å². The van der Waals surface area contributed by atoms with Gasteiger partial charge in [-0.25, -0.2) is 0 Å². The Balaban J connectivity index is 1.49. The standard InChI is InChI=1S/C33H27F3N4O4/c1-19-3-4-22(20(2)13-19)18-40-30(16-27(33(34,35)36)26(17-37)32(40)43)21-5-7-24(8-6-21)44-25-9-10-28-23(14-25)15-29(39-28)31(42)38-11-12-41/h3-10,13-16,39,41H,11-12,18H2,1-2H3,(H,38,42). The Bertz CT molecular complexity index is 1970. The van der Waals surface area contributed by atoms with Crippen molar-refractivity contribution in [3.8, 4) is 28.8 Å². The molecule has 0 aliphatic rings. The van der Waals surface area contributed by atoms with Gasteiger partial charge in [-0.15, -0.1) is 0 Å². The van der Waals surface area contributed by atoms with E-state index in [4.69, 9.17) is 9.84 Å². The SMILES string of the molecule is Cc1ccc(Cn2c(-c3ccc(Oc4ccc5[nH]c(C(=O)NCCO)cc5c4)cc3)cc(C(F)(F)F)c(C#N)c2=O)c(C)c1. The third-order valence-corrected chi connectivity index (χ3v) is 7.16. The summed E-state index contributed by atoms with van der Waals surface area (Å²) in [5.41, 5.74) is 0.677. The first-order chi connectivity index (χ1) is 21.0. The molecule has 0 unspecified atom stereocenters. The highest BCUT2D eigenvalue weighted by molar-refractivity contribution is 5.98. The number of fused-ring (bicyclic) bond motifs is 1. The maximum atomic E-state index is 13.9.